The SMILES string of the molecule is COc1ccc(C=CCCCOC(C)CCCC(C)C)cc1. The Balaban J connectivity index is 2.07. The molecule has 0 heterocycles. The van der Waals surface area contributed by atoms with Crippen molar-refractivity contribution in [1.29, 1.82) is 0 Å². The molecule has 0 aromatic heterocycles. The third kappa shape index (κ3) is 8.89. The fourth-order valence-corrected chi connectivity index (χ4v) is 2.32. The van der Waals surface area contributed by atoms with Crippen LogP contribution >= 0.6 is 0 Å². The van der Waals surface area contributed by atoms with E-state index in [0.29, 0.717) is 6.10 Å². The van der Waals surface area contributed by atoms with Gasteiger partial charge in [0.15, 0.2) is 0 Å². The first-order chi connectivity index (χ1) is 10.6. The minimum atomic E-state index is 0.393. The summed E-state index contributed by atoms with van der Waals surface area (Å²) in [5.41, 5.74) is 1.21. The molecule has 1 atom stereocenters. The molecule has 2 heteroatoms. The average Bonchev–Trinajstić information content (AvgIpc) is 2.51. The highest BCUT2D eigenvalue weighted by Gasteiger charge is 2.02. The van der Waals surface area contributed by atoms with E-state index in [9.17, 15) is 0 Å². The van der Waals surface area contributed by atoms with Gasteiger partial charge in [-0.1, -0.05) is 51.0 Å². The molecule has 0 aliphatic carbocycles. The van der Waals surface area contributed by atoms with Crippen LogP contribution in [-0.4, -0.2) is 19.8 Å². The lowest BCUT2D eigenvalue weighted by atomic mass is 10.0. The number of hydrogen-bond donors (Lipinski definition) is 0. The van der Waals surface area contributed by atoms with Gasteiger partial charge in [0.2, 0.25) is 0 Å². The van der Waals surface area contributed by atoms with Crippen LogP contribution in [0.4, 0.5) is 0 Å². The van der Waals surface area contributed by atoms with Crippen molar-refractivity contribution >= 4 is 6.08 Å². The van der Waals surface area contributed by atoms with E-state index < -0.39 is 0 Å². The highest BCUT2D eigenvalue weighted by atomic mass is 16.5. The van der Waals surface area contributed by atoms with Crippen LogP contribution in [0.25, 0.3) is 6.08 Å². The van der Waals surface area contributed by atoms with Gasteiger partial charge in [-0.05, 0) is 49.8 Å². The number of ether oxygens (including phenoxy) is 2. The van der Waals surface area contributed by atoms with Crippen molar-refractivity contribution in [3.63, 3.8) is 0 Å². The second kappa shape index (κ2) is 11.3. The predicted octanol–water partition coefficient (Wildman–Crippen LogP) is 5.72. The largest absolute Gasteiger partial charge is 0.497 e. The van der Waals surface area contributed by atoms with Crippen molar-refractivity contribution < 1.29 is 9.47 Å². The van der Waals surface area contributed by atoms with E-state index in [1.165, 1.54) is 24.8 Å². The molecule has 2 nitrogen and oxygen atoms in total. The third-order valence-corrected chi connectivity index (χ3v) is 3.74. The molecule has 0 aliphatic heterocycles. The van der Waals surface area contributed by atoms with E-state index >= 15 is 0 Å². The molecule has 0 amide bonds. The summed E-state index contributed by atoms with van der Waals surface area (Å²) in [6, 6.07) is 8.12. The quantitative estimate of drug-likeness (QED) is 0.487. The molecule has 0 saturated heterocycles. The van der Waals surface area contributed by atoms with Crippen LogP contribution < -0.4 is 4.74 Å². The Morgan fingerprint density at radius 2 is 1.73 bits per heavy atom. The fourth-order valence-electron chi connectivity index (χ4n) is 2.32. The second-order valence-electron chi connectivity index (χ2n) is 6.32. The molecule has 124 valence electrons. The van der Waals surface area contributed by atoms with Crippen molar-refractivity contribution in [3.05, 3.63) is 35.9 Å². The molecule has 0 bridgehead atoms. The maximum Gasteiger partial charge on any atom is 0.118 e. The Kier molecular flexibility index (Phi) is 9.65. The van der Waals surface area contributed by atoms with Gasteiger partial charge in [-0.25, -0.2) is 0 Å². The fraction of sp³-hybridized carbons (Fsp3) is 0.600. The standard InChI is InChI=1S/C20H32O2/c1-17(2)9-8-10-18(3)22-16-7-5-6-11-19-12-14-20(21-4)15-13-19/h6,11-15,17-18H,5,7-10,16H2,1-4H3. The van der Waals surface area contributed by atoms with Crippen LogP contribution in [0.5, 0.6) is 5.75 Å². The molecule has 1 rings (SSSR count). The van der Waals surface area contributed by atoms with Crippen molar-refractivity contribution in [3.8, 4) is 5.75 Å². The summed E-state index contributed by atoms with van der Waals surface area (Å²) < 4.78 is 11.0. The van der Waals surface area contributed by atoms with Crippen molar-refractivity contribution in [2.75, 3.05) is 13.7 Å². The first-order valence-corrected chi connectivity index (χ1v) is 8.54. The molecule has 22 heavy (non-hydrogen) atoms. The first-order valence-electron chi connectivity index (χ1n) is 8.54. The highest BCUT2D eigenvalue weighted by Crippen LogP contribution is 2.13. The number of allylic oxidation sites excluding steroid dienone is 1. The van der Waals surface area contributed by atoms with Crippen LogP contribution in [0.3, 0.4) is 0 Å². The van der Waals surface area contributed by atoms with Crippen molar-refractivity contribution in [2.24, 2.45) is 5.92 Å². The number of methoxy groups -OCH3 is 1. The van der Waals surface area contributed by atoms with Crippen LogP contribution in [0, 0.1) is 5.92 Å². The summed E-state index contributed by atoms with van der Waals surface area (Å²) in [4.78, 5) is 0. The van der Waals surface area contributed by atoms with Gasteiger partial charge in [-0.15, -0.1) is 0 Å². The van der Waals surface area contributed by atoms with Crippen molar-refractivity contribution in [2.45, 2.75) is 59.0 Å². The molecule has 1 unspecified atom stereocenters. The number of unbranched alkanes of at least 4 members (excludes halogenated alkanes) is 1. The van der Waals surface area contributed by atoms with E-state index in [2.05, 4.69) is 45.1 Å². The Labute approximate surface area is 136 Å². The first kappa shape index (κ1) is 18.8. The monoisotopic (exact) mass is 304 g/mol. The zero-order chi connectivity index (χ0) is 16.2. The maximum absolute atomic E-state index is 5.86. The summed E-state index contributed by atoms with van der Waals surface area (Å²) in [7, 11) is 1.69. The number of benzene rings is 1. The topological polar surface area (TPSA) is 18.5 Å². The predicted molar refractivity (Wildman–Crippen MR) is 95.4 cm³/mol. The molecular formula is C20H32O2. The van der Waals surface area contributed by atoms with E-state index in [0.717, 1.165) is 31.1 Å². The Bertz CT molecular complexity index is 406. The molecule has 0 N–H and O–H groups in total. The summed E-state index contributed by atoms with van der Waals surface area (Å²) in [6.07, 6.45) is 10.7. The molecule has 0 saturated carbocycles. The van der Waals surface area contributed by atoms with Crippen LogP contribution in [0.15, 0.2) is 30.3 Å². The number of rotatable bonds is 11. The van der Waals surface area contributed by atoms with E-state index in [1.807, 2.05) is 12.1 Å². The summed E-state index contributed by atoms with van der Waals surface area (Å²) >= 11 is 0. The summed E-state index contributed by atoms with van der Waals surface area (Å²) in [5.74, 6) is 1.70. The molecular weight excluding hydrogens is 272 g/mol. The Hall–Kier alpha value is -1.28. The Morgan fingerprint density at radius 3 is 2.36 bits per heavy atom. The van der Waals surface area contributed by atoms with Gasteiger partial charge in [0.25, 0.3) is 0 Å². The van der Waals surface area contributed by atoms with Gasteiger partial charge < -0.3 is 9.47 Å². The minimum absolute atomic E-state index is 0.393. The minimum Gasteiger partial charge on any atom is -0.497 e. The van der Waals surface area contributed by atoms with E-state index in [-0.39, 0.29) is 0 Å². The highest BCUT2D eigenvalue weighted by molar-refractivity contribution is 5.50. The lowest BCUT2D eigenvalue weighted by molar-refractivity contribution is 0.0568. The van der Waals surface area contributed by atoms with E-state index in [1.54, 1.807) is 7.11 Å². The molecule has 1 aromatic carbocycles. The van der Waals surface area contributed by atoms with Gasteiger partial charge in [0, 0.05) is 6.61 Å². The Morgan fingerprint density at radius 1 is 1.00 bits per heavy atom. The second-order valence-corrected chi connectivity index (χ2v) is 6.32. The number of hydrogen-bond acceptors (Lipinski definition) is 2. The lowest BCUT2D eigenvalue weighted by Gasteiger charge is -2.13. The average molecular weight is 304 g/mol. The van der Waals surface area contributed by atoms with E-state index in [4.69, 9.17) is 9.47 Å². The van der Waals surface area contributed by atoms with Crippen LogP contribution in [0.2, 0.25) is 0 Å². The molecule has 0 spiro atoms. The van der Waals surface area contributed by atoms with Gasteiger partial charge in [-0.2, -0.15) is 0 Å². The van der Waals surface area contributed by atoms with Crippen molar-refractivity contribution in [1.82, 2.24) is 0 Å². The van der Waals surface area contributed by atoms with Gasteiger partial charge >= 0.3 is 0 Å². The molecule has 0 aliphatic rings. The normalized spacial score (nSPS) is 13.0. The summed E-state index contributed by atoms with van der Waals surface area (Å²) in [5, 5.41) is 0. The zero-order valence-corrected chi connectivity index (χ0v) is 14.7. The third-order valence-electron chi connectivity index (χ3n) is 3.74. The maximum atomic E-state index is 5.86. The molecule has 0 fully saturated rings. The van der Waals surface area contributed by atoms with Gasteiger partial charge in [-0.3, -0.25) is 0 Å². The zero-order valence-electron chi connectivity index (χ0n) is 14.7. The van der Waals surface area contributed by atoms with Gasteiger partial charge in [0.1, 0.15) is 5.75 Å². The summed E-state index contributed by atoms with van der Waals surface area (Å²) in [6.45, 7) is 7.60. The molecule has 0 radical (unpaired) electrons. The van der Waals surface area contributed by atoms with Gasteiger partial charge in [0.05, 0.1) is 13.2 Å². The van der Waals surface area contributed by atoms with Crippen LogP contribution in [-0.2, 0) is 4.74 Å². The molecule has 1 aromatic rings. The van der Waals surface area contributed by atoms with Crippen LogP contribution in [0.1, 0.15) is 58.4 Å². The lowest BCUT2D eigenvalue weighted by Crippen LogP contribution is -2.09. The smallest absolute Gasteiger partial charge is 0.118 e.